The molecule has 0 heterocycles. The number of hydrogen-bond acceptors (Lipinski definition) is 2. The fraction of sp³-hybridized carbons (Fsp3) is 0.667. The lowest BCUT2D eigenvalue weighted by Gasteiger charge is -2.26. The van der Waals surface area contributed by atoms with Gasteiger partial charge >= 0.3 is 0 Å². The molecule has 2 nitrogen and oxygen atoms in total. The molecule has 0 amide bonds. The quantitative estimate of drug-likeness (QED) is 0.632. The summed E-state index contributed by atoms with van der Waals surface area (Å²) in [7, 11) is 0. The summed E-state index contributed by atoms with van der Waals surface area (Å²) >= 11 is 6.10. The number of unbranched alkanes of at least 4 members (excludes halogenated alkanes) is 1. The van der Waals surface area contributed by atoms with Crippen LogP contribution in [0.2, 0.25) is 5.02 Å². The number of hydrogen-bond donors (Lipinski definition) is 1. The predicted octanol–water partition coefficient (Wildman–Crippen LogP) is 5.35. The molecule has 21 heavy (non-hydrogen) atoms. The lowest BCUT2D eigenvalue weighted by molar-refractivity contribution is 0.00873. The molecule has 0 saturated carbocycles. The lowest BCUT2D eigenvalue weighted by Crippen LogP contribution is -2.30. The maximum Gasteiger partial charge on any atom is 0.0976 e. The highest BCUT2D eigenvalue weighted by Gasteiger charge is 2.21. The highest BCUT2D eigenvalue weighted by Crippen LogP contribution is 2.26. The first-order valence-corrected chi connectivity index (χ1v) is 8.62. The Labute approximate surface area is 135 Å². The first-order chi connectivity index (χ1) is 10.1. The minimum absolute atomic E-state index is 0.00662. The molecular weight excluding hydrogens is 282 g/mol. The summed E-state index contributed by atoms with van der Waals surface area (Å²) in [5.74, 6) is 0.621. The van der Waals surface area contributed by atoms with E-state index in [2.05, 4.69) is 26.8 Å². The molecule has 0 aliphatic carbocycles. The third-order valence-corrected chi connectivity index (χ3v) is 4.33. The van der Waals surface area contributed by atoms with Gasteiger partial charge in [-0.05, 0) is 36.5 Å². The zero-order valence-corrected chi connectivity index (χ0v) is 14.4. The van der Waals surface area contributed by atoms with Crippen molar-refractivity contribution >= 4 is 11.6 Å². The smallest absolute Gasteiger partial charge is 0.0976 e. The van der Waals surface area contributed by atoms with E-state index in [0.29, 0.717) is 5.92 Å². The number of ether oxygens (including phenoxy) is 1. The highest BCUT2D eigenvalue weighted by molar-refractivity contribution is 6.30. The molecule has 1 aromatic rings. The van der Waals surface area contributed by atoms with Crippen molar-refractivity contribution in [3.63, 3.8) is 0 Å². The zero-order chi connectivity index (χ0) is 15.7. The standard InChI is InChI=1S/C18H30ClNO/c1-4-7-9-14(5-2)13-21-18(17(20)6-3)15-10-8-11-16(19)12-15/h8,10-12,14,17-18H,4-7,9,13,20H2,1-3H3. The molecule has 0 spiro atoms. The van der Waals surface area contributed by atoms with Gasteiger partial charge < -0.3 is 10.5 Å². The average molecular weight is 312 g/mol. The highest BCUT2D eigenvalue weighted by atomic mass is 35.5. The van der Waals surface area contributed by atoms with Crippen molar-refractivity contribution in [2.45, 2.75) is 65.0 Å². The Morgan fingerprint density at radius 3 is 2.52 bits per heavy atom. The van der Waals surface area contributed by atoms with Gasteiger partial charge in [0.05, 0.1) is 12.7 Å². The molecule has 3 unspecified atom stereocenters. The fourth-order valence-corrected chi connectivity index (χ4v) is 2.70. The van der Waals surface area contributed by atoms with Crippen LogP contribution in [-0.2, 0) is 4.74 Å². The van der Waals surface area contributed by atoms with E-state index in [0.717, 1.165) is 30.0 Å². The molecule has 0 radical (unpaired) electrons. The molecule has 0 saturated heterocycles. The molecule has 2 N–H and O–H groups in total. The maximum atomic E-state index is 6.26. The fourth-order valence-electron chi connectivity index (χ4n) is 2.50. The molecule has 0 aliphatic heterocycles. The number of benzene rings is 1. The van der Waals surface area contributed by atoms with Crippen molar-refractivity contribution in [1.29, 1.82) is 0 Å². The van der Waals surface area contributed by atoms with Gasteiger partial charge in [0, 0.05) is 11.1 Å². The van der Waals surface area contributed by atoms with Crippen LogP contribution in [0.4, 0.5) is 0 Å². The van der Waals surface area contributed by atoms with Crippen molar-refractivity contribution in [3.8, 4) is 0 Å². The maximum absolute atomic E-state index is 6.26. The second kappa shape index (κ2) is 10.2. The Kier molecular flexibility index (Phi) is 8.98. The van der Waals surface area contributed by atoms with Crippen molar-refractivity contribution in [2.24, 2.45) is 11.7 Å². The lowest BCUT2D eigenvalue weighted by atomic mass is 9.98. The van der Waals surface area contributed by atoms with Gasteiger partial charge in [-0.25, -0.2) is 0 Å². The molecule has 0 bridgehead atoms. The topological polar surface area (TPSA) is 35.2 Å². The molecule has 0 fully saturated rings. The molecule has 120 valence electrons. The molecule has 0 aliphatic rings. The Balaban J connectivity index is 2.70. The predicted molar refractivity (Wildman–Crippen MR) is 91.7 cm³/mol. The number of nitrogens with two attached hydrogens (primary N) is 1. The van der Waals surface area contributed by atoms with E-state index in [1.165, 1.54) is 19.3 Å². The third kappa shape index (κ3) is 6.37. The normalized spacial score (nSPS) is 15.7. The van der Waals surface area contributed by atoms with Crippen LogP contribution in [0.25, 0.3) is 0 Å². The molecule has 3 heteroatoms. The zero-order valence-electron chi connectivity index (χ0n) is 13.6. The van der Waals surface area contributed by atoms with Crippen LogP contribution < -0.4 is 5.73 Å². The summed E-state index contributed by atoms with van der Waals surface area (Å²) in [6, 6.07) is 7.88. The molecule has 0 aromatic heterocycles. The summed E-state index contributed by atoms with van der Waals surface area (Å²) in [6.07, 6.45) is 5.72. The van der Waals surface area contributed by atoms with E-state index in [1.807, 2.05) is 18.2 Å². The largest absolute Gasteiger partial charge is 0.372 e. The van der Waals surface area contributed by atoms with Crippen LogP contribution >= 0.6 is 11.6 Å². The van der Waals surface area contributed by atoms with Crippen LogP contribution in [0.5, 0.6) is 0 Å². The minimum atomic E-state index is -0.0654. The van der Waals surface area contributed by atoms with Crippen LogP contribution in [0.3, 0.4) is 0 Å². The summed E-state index contributed by atoms with van der Waals surface area (Å²) < 4.78 is 6.20. The van der Waals surface area contributed by atoms with Gasteiger partial charge in [-0.15, -0.1) is 0 Å². The van der Waals surface area contributed by atoms with E-state index < -0.39 is 0 Å². The van der Waals surface area contributed by atoms with Crippen molar-refractivity contribution < 1.29 is 4.74 Å². The van der Waals surface area contributed by atoms with E-state index in [9.17, 15) is 0 Å². The van der Waals surface area contributed by atoms with E-state index >= 15 is 0 Å². The Morgan fingerprint density at radius 2 is 1.95 bits per heavy atom. The van der Waals surface area contributed by atoms with Crippen LogP contribution in [0.15, 0.2) is 24.3 Å². The SMILES string of the molecule is CCCCC(CC)COC(c1cccc(Cl)c1)C(N)CC. The molecule has 1 rings (SSSR count). The summed E-state index contributed by atoms with van der Waals surface area (Å²) in [4.78, 5) is 0. The van der Waals surface area contributed by atoms with Crippen LogP contribution in [-0.4, -0.2) is 12.6 Å². The average Bonchev–Trinajstić information content (AvgIpc) is 2.50. The molecule has 3 atom stereocenters. The Morgan fingerprint density at radius 1 is 1.19 bits per heavy atom. The van der Waals surface area contributed by atoms with Gasteiger partial charge in [-0.2, -0.15) is 0 Å². The number of rotatable bonds is 10. The van der Waals surface area contributed by atoms with E-state index in [-0.39, 0.29) is 12.1 Å². The first-order valence-electron chi connectivity index (χ1n) is 8.24. The second-order valence-electron chi connectivity index (χ2n) is 5.80. The second-order valence-corrected chi connectivity index (χ2v) is 6.23. The van der Waals surface area contributed by atoms with E-state index in [1.54, 1.807) is 0 Å². The summed E-state index contributed by atoms with van der Waals surface area (Å²) in [6.45, 7) is 7.34. The van der Waals surface area contributed by atoms with Gasteiger partial charge in [-0.1, -0.05) is 63.8 Å². The van der Waals surface area contributed by atoms with Crippen molar-refractivity contribution in [3.05, 3.63) is 34.9 Å². The third-order valence-electron chi connectivity index (χ3n) is 4.09. The summed E-state index contributed by atoms with van der Waals surface area (Å²) in [5.41, 5.74) is 7.34. The minimum Gasteiger partial charge on any atom is -0.372 e. The molecular formula is C18H30ClNO. The Hall–Kier alpha value is -0.570. The van der Waals surface area contributed by atoms with E-state index in [4.69, 9.17) is 22.1 Å². The van der Waals surface area contributed by atoms with Crippen LogP contribution in [0.1, 0.15) is 64.5 Å². The van der Waals surface area contributed by atoms with Gasteiger partial charge in [0.15, 0.2) is 0 Å². The van der Waals surface area contributed by atoms with Gasteiger partial charge in [0.25, 0.3) is 0 Å². The first kappa shape index (κ1) is 18.5. The van der Waals surface area contributed by atoms with Crippen LogP contribution in [0, 0.1) is 5.92 Å². The van der Waals surface area contributed by atoms with Crippen molar-refractivity contribution in [1.82, 2.24) is 0 Å². The van der Waals surface area contributed by atoms with Gasteiger partial charge in [-0.3, -0.25) is 0 Å². The number of halogens is 1. The summed E-state index contributed by atoms with van der Waals surface area (Å²) in [5, 5.41) is 0.738. The molecule has 1 aromatic carbocycles. The monoisotopic (exact) mass is 311 g/mol. The van der Waals surface area contributed by atoms with Gasteiger partial charge in [0.1, 0.15) is 0 Å². The van der Waals surface area contributed by atoms with Gasteiger partial charge in [0.2, 0.25) is 0 Å². The Bertz CT molecular complexity index is 397. The van der Waals surface area contributed by atoms with Crippen molar-refractivity contribution in [2.75, 3.05) is 6.61 Å².